The molecular formula is C9H6. The monoisotopic (exact) mass is 114 g/mol. The summed E-state index contributed by atoms with van der Waals surface area (Å²) < 4.78 is 0. The van der Waals surface area contributed by atoms with E-state index in [1.54, 1.807) is 0 Å². The van der Waals surface area contributed by atoms with Gasteiger partial charge in [0.15, 0.2) is 0 Å². The van der Waals surface area contributed by atoms with Gasteiger partial charge in [-0.2, -0.15) is 0 Å². The highest BCUT2D eigenvalue weighted by Crippen LogP contribution is 1.63. The Morgan fingerprint density at radius 2 is 1.67 bits per heavy atom. The molecule has 0 aliphatic carbocycles. The van der Waals surface area contributed by atoms with E-state index in [9.17, 15) is 0 Å². The molecule has 0 saturated heterocycles. The SMILES string of the molecule is [CH2]C#CC#CC#CC[CH2]. The van der Waals surface area contributed by atoms with Crippen LogP contribution in [0, 0.1) is 49.4 Å². The zero-order chi connectivity index (χ0) is 6.95. The van der Waals surface area contributed by atoms with Crippen molar-refractivity contribution in [3.8, 4) is 35.5 Å². The Morgan fingerprint density at radius 3 is 2.22 bits per heavy atom. The van der Waals surface area contributed by atoms with Crippen molar-refractivity contribution in [2.24, 2.45) is 0 Å². The third kappa shape index (κ3) is 6.68. The summed E-state index contributed by atoms with van der Waals surface area (Å²) in [6.45, 7) is 6.79. The molecule has 42 valence electrons. The van der Waals surface area contributed by atoms with Gasteiger partial charge in [-0.25, -0.2) is 0 Å². The first kappa shape index (κ1) is 7.68. The Bertz CT molecular complexity index is 226. The molecule has 0 aromatic heterocycles. The first-order valence-corrected chi connectivity index (χ1v) is 2.46. The molecule has 0 aliphatic rings. The van der Waals surface area contributed by atoms with Crippen LogP contribution in [0.2, 0.25) is 0 Å². The van der Waals surface area contributed by atoms with Gasteiger partial charge < -0.3 is 0 Å². The van der Waals surface area contributed by atoms with Gasteiger partial charge in [0.2, 0.25) is 0 Å². The van der Waals surface area contributed by atoms with Crippen molar-refractivity contribution in [1.82, 2.24) is 0 Å². The third-order valence-electron chi connectivity index (χ3n) is 0.489. The molecular weight excluding hydrogens is 108 g/mol. The molecule has 0 saturated carbocycles. The maximum Gasteiger partial charge on any atom is 0.0209 e. The summed E-state index contributed by atoms with van der Waals surface area (Å²) in [6.07, 6.45) is 0.590. The van der Waals surface area contributed by atoms with Crippen LogP contribution in [0.15, 0.2) is 0 Å². The van der Waals surface area contributed by atoms with Gasteiger partial charge in [0, 0.05) is 13.3 Å². The Morgan fingerprint density at radius 1 is 1.00 bits per heavy atom. The van der Waals surface area contributed by atoms with Crippen molar-refractivity contribution in [2.75, 3.05) is 0 Å². The van der Waals surface area contributed by atoms with E-state index in [-0.39, 0.29) is 0 Å². The van der Waals surface area contributed by atoms with Gasteiger partial charge in [-0.1, -0.05) is 11.8 Å². The topological polar surface area (TPSA) is 0 Å². The zero-order valence-electron chi connectivity index (χ0n) is 5.12. The predicted octanol–water partition coefficient (Wildman–Crippen LogP) is 1.05. The summed E-state index contributed by atoms with van der Waals surface area (Å²) in [4.78, 5) is 0. The molecule has 0 amide bonds. The molecule has 0 fully saturated rings. The molecule has 0 aliphatic heterocycles. The average Bonchev–Trinajstić information content (AvgIpc) is 1.89. The van der Waals surface area contributed by atoms with Crippen molar-refractivity contribution in [1.29, 1.82) is 0 Å². The summed E-state index contributed by atoms with van der Waals surface area (Å²) in [6, 6.07) is 0. The fourth-order valence-electron chi connectivity index (χ4n) is 0.213. The molecule has 0 aromatic carbocycles. The molecule has 0 unspecified atom stereocenters. The van der Waals surface area contributed by atoms with Crippen LogP contribution >= 0.6 is 0 Å². The standard InChI is InChI=1S/C9H6/c1-3-5-7-9-8-6-4-2/h1-3H2. The minimum absolute atomic E-state index is 0.590. The Balaban J connectivity index is 3.71. The average molecular weight is 114 g/mol. The number of hydrogen-bond donors (Lipinski definition) is 0. The Labute approximate surface area is 56.7 Å². The molecule has 0 spiro atoms. The fraction of sp³-hybridized carbons (Fsp3) is 0.111. The molecule has 0 heteroatoms. The predicted molar refractivity (Wildman–Crippen MR) is 38.7 cm³/mol. The summed E-state index contributed by atoms with van der Waals surface area (Å²) in [5.74, 6) is 15.1. The van der Waals surface area contributed by atoms with Crippen LogP contribution in [0.5, 0.6) is 0 Å². The van der Waals surface area contributed by atoms with E-state index >= 15 is 0 Å². The highest BCUT2D eigenvalue weighted by atomic mass is 13.6. The highest BCUT2D eigenvalue weighted by Gasteiger charge is 1.55. The van der Waals surface area contributed by atoms with Crippen LogP contribution in [0.25, 0.3) is 0 Å². The summed E-state index contributed by atoms with van der Waals surface area (Å²) in [5, 5.41) is 0. The van der Waals surface area contributed by atoms with E-state index in [0.717, 1.165) is 0 Å². The fourth-order valence-corrected chi connectivity index (χ4v) is 0.213. The second-order valence-corrected chi connectivity index (χ2v) is 1.10. The molecule has 0 nitrogen and oxygen atoms in total. The lowest BCUT2D eigenvalue weighted by molar-refractivity contribution is 1.49. The second kappa shape index (κ2) is 6.68. The van der Waals surface area contributed by atoms with Gasteiger partial charge in [-0.05, 0) is 30.6 Å². The molecule has 0 aromatic rings. The quantitative estimate of drug-likeness (QED) is 0.413. The molecule has 9 heavy (non-hydrogen) atoms. The highest BCUT2D eigenvalue weighted by molar-refractivity contribution is 5.35. The zero-order valence-corrected chi connectivity index (χ0v) is 5.12. The van der Waals surface area contributed by atoms with Crippen molar-refractivity contribution in [2.45, 2.75) is 6.42 Å². The maximum atomic E-state index is 3.51. The van der Waals surface area contributed by atoms with Gasteiger partial charge in [0.1, 0.15) is 0 Å². The lowest BCUT2D eigenvalue weighted by Crippen LogP contribution is -1.53. The molecule has 0 bridgehead atoms. The summed E-state index contributed by atoms with van der Waals surface area (Å²) in [7, 11) is 0. The van der Waals surface area contributed by atoms with E-state index in [2.05, 4.69) is 49.4 Å². The van der Waals surface area contributed by atoms with Crippen molar-refractivity contribution >= 4 is 0 Å². The van der Waals surface area contributed by atoms with Crippen molar-refractivity contribution in [3.05, 3.63) is 13.8 Å². The van der Waals surface area contributed by atoms with Gasteiger partial charge >= 0.3 is 0 Å². The van der Waals surface area contributed by atoms with Crippen molar-refractivity contribution < 1.29 is 0 Å². The molecule has 0 heterocycles. The van der Waals surface area contributed by atoms with E-state index in [4.69, 9.17) is 0 Å². The van der Waals surface area contributed by atoms with Crippen LogP contribution in [-0.4, -0.2) is 0 Å². The van der Waals surface area contributed by atoms with Crippen LogP contribution in [-0.2, 0) is 0 Å². The normalized spacial score (nSPS) is 4.67. The first-order valence-electron chi connectivity index (χ1n) is 2.46. The first-order chi connectivity index (χ1) is 4.41. The van der Waals surface area contributed by atoms with Crippen LogP contribution in [0.1, 0.15) is 6.42 Å². The van der Waals surface area contributed by atoms with Crippen LogP contribution < -0.4 is 0 Å². The lowest BCUT2D eigenvalue weighted by atomic mass is 10.4. The minimum Gasteiger partial charge on any atom is -0.0891 e. The molecule has 2 radical (unpaired) electrons. The van der Waals surface area contributed by atoms with Crippen LogP contribution in [0.3, 0.4) is 0 Å². The van der Waals surface area contributed by atoms with E-state index in [1.807, 2.05) is 0 Å². The van der Waals surface area contributed by atoms with E-state index < -0.39 is 0 Å². The summed E-state index contributed by atoms with van der Waals surface area (Å²) in [5.41, 5.74) is 0. The van der Waals surface area contributed by atoms with Gasteiger partial charge in [0.25, 0.3) is 0 Å². The van der Waals surface area contributed by atoms with Gasteiger partial charge in [-0.15, -0.1) is 0 Å². The third-order valence-corrected chi connectivity index (χ3v) is 0.489. The van der Waals surface area contributed by atoms with Gasteiger partial charge in [0.05, 0.1) is 0 Å². The van der Waals surface area contributed by atoms with Crippen molar-refractivity contribution in [3.63, 3.8) is 0 Å². The minimum atomic E-state index is 0.590. The maximum absolute atomic E-state index is 3.51. The van der Waals surface area contributed by atoms with E-state index in [1.165, 1.54) is 0 Å². The largest absolute Gasteiger partial charge is 0.0891 e. The van der Waals surface area contributed by atoms with Crippen LogP contribution in [0.4, 0.5) is 0 Å². The summed E-state index contributed by atoms with van der Waals surface area (Å²) >= 11 is 0. The van der Waals surface area contributed by atoms with E-state index in [0.29, 0.717) is 6.42 Å². The lowest BCUT2D eigenvalue weighted by Gasteiger charge is -1.59. The number of rotatable bonds is 0. The molecule has 0 rings (SSSR count). The second-order valence-electron chi connectivity index (χ2n) is 1.10. The van der Waals surface area contributed by atoms with Gasteiger partial charge in [-0.3, -0.25) is 0 Å². The Hall–Kier alpha value is -1.32. The number of hydrogen-bond acceptors (Lipinski definition) is 0. The molecule has 0 N–H and O–H groups in total. The molecule has 0 atom stereocenters. The Kier molecular flexibility index (Phi) is 5.70. The smallest absolute Gasteiger partial charge is 0.0209 e.